The van der Waals surface area contributed by atoms with Crippen molar-refractivity contribution in [3.63, 3.8) is 0 Å². The lowest BCUT2D eigenvalue weighted by atomic mass is 9.42. The van der Waals surface area contributed by atoms with E-state index in [1.807, 2.05) is 0 Å². The zero-order valence-electron chi connectivity index (χ0n) is 35.1. The van der Waals surface area contributed by atoms with Gasteiger partial charge in [-0.25, -0.2) is 0 Å². The Balaban J connectivity index is 1.17. The summed E-state index contributed by atoms with van der Waals surface area (Å²) < 4.78 is 0. The summed E-state index contributed by atoms with van der Waals surface area (Å²) in [6.45, 7) is 14.0. The summed E-state index contributed by atoms with van der Waals surface area (Å²) in [4.78, 5) is 5.37. The average molecular weight is 769 g/mol. The predicted molar refractivity (Wildman–Crippen MR) is 252 cm³/mol. The highest BCUT2D eigenvalue weighted by molar-refractivity contribution is 6.93. The zero-order valence-corrected chi connectivity index (χ0v) is 35.1. The summed E-state index contributed by atoms with van der Waals surface area (Å²) in [7, 11) is 0. The average Bonchev–Trinajstić information content (AvgIpc) is 3.68. The van der Waals surface area contributed by atoms with Crippen molar-refractivity contribution in [1.82, 2.24) is 0 Å². The molecule has 286 valence electrons. The lowest BCUT2D eigenvalue weighted by molar-refractivity contribution is 0.590. The Morgan fingerprint density at radius 2 is 1.10 bits per heavy atom. The maximum atomic E-state index is 2.71. The molecule has 3 heterocycles. The summed E-state index contributed by atoms with van der Waals surface area (Å²) in [6.07, 6.45) is 0. The van der Waals surface area contributed by atoms with Crippen molar-refractivity contribution in [2.24, 2.45) is 0 Å². The topological polar surface area (TPSA) is 6.48 Å². The van der Waals surface area contributed by atoms with Crippen molar-refractivity contribution >= 4 is 46.2 Å². The molecule has 13 rings (SSSR count). The van der Waals surface area contributed by atoms with Gasteiger partial charge in [0.05, 0.1) is 11.1 Å². The first-order valence-electron chi connectivity index (χ1n) is 21.6. The molecule has 0 saturated carbocycles. The van der Waals surface area contributed by atoms with Gasteiger partial charge in [-0.05, 0) is 126 Å². The van der Waals surface area contributed by atoms with E-state index in [9.17, 15) is 0 Å². The molecule has 0 N–H and O–H groups in total. The largest absolute Gasteiger partial charge is 0.376 e. The summed E-state index contributed by atoms with van der Waals surface area (Å²) in [6, 6.07) is 63.3. The first kappa shape index (κ1) is 34.3. The van der Waals surface area contributed by atoms with E-state index in [1.165, 1.54) is 117 Å². The zero-order chi connectivity index (χ0) is 40.4. The number of hydrogen-bond acceptors (Lipinski definition) is 2. The van der Waals surface area contributed by atoms with Crippen molar-refractivity contribution in [3.8, 4) is 33.4 Å². The number of nitrogens with zero attached hydrogens (tertiary/aromatic N) is 2. The summed E-state index contributed by atoms with van der Waals surface area (Å²) in [5, 5.41) is 0. The Morgan fingerprint density at radius 1 is 0.500 bits per heavy atom. The van der Waals surface area contributed by atoms with Crippen molar-refractivity contribution in [3.05, 3.63) is 208 Å². The molecule has 2 aliphatic carbocycles. The quantitative estimate of drug-likeness (QED) is 0.154. The van der Waals surface area contributed by atoms with Gasteiger partial charge >= 0.3 is 6.85 Å². The number of hydrogen-bond donors (Lipinski definition) is 0. The van der Waals surface area contributed by atoms with Crippen LogP contribution in [0.25, 0.3) is 33.4 Å². The van der Waals surface area contributed by atoms with E-state index in [4.69, 9.17) is 0 Å². The Morgan fingerprint density at radius 3 is 1.78 bits per heavy atom. The van der Waals surface area contributed by atoms with E-state index >= 15 is 0 Å². The van der Waals surface area contributed by atoms with Crippen LogP contribution in [0.4, 0.5) is 28.4 Å². The van der Waals surface area contributed by atoms with Gasteiger partial charge in [0, 0.05) is 33.7 Å². The van der Waals surface area contributed by atoms with E-state index < -0.39 is 5.41 Å². The van der Waals surface area contributed by atoms with Gasteiger partial charge in [0.25, 0.3) is 0 Å². The van der Waals surface area contributed by atoms with Crippen LogP contribution in [0.15, 0.2) is 164 Å². The minimum absolute atomic E-state index is 0.0473. The van der Waals surface area contributed by atoms with Crippen LogP contribution in [-0.4, -0.2) is 6.85 Å². The summed E-state index contributed by atoms with van der Waals surface area (Å²) in [5.74, 6) is 0. The predicted octanol–water partition coefficient (Wildman–Crippen LogP) is 13.0. The molecule has 0 amide bonds. The third-order valence-electron chi connectivity index (χ3n) is 14.8. The molecule has 0 bridgehead atoms. The molecule has 3 aliphatic heterocycles. The first-order chi connectivity index (χ1) is 29.1. The fourth-order valence-corrected chi connectivity index (χ4v) is 12.4. The number of rotatable bonds is 1. The summed E-state index contributed by atoms with van der Waals surface area (Å²) >= 11 is 0. The fourth-order valence-electron chi connectivity index (χ4n) is 12.4. The van der Waals surface area contributed by atoms with Crippen molar-refractivity contribution in [1.29, 1.82) is 0 Å². The van der Waals surface area contributed by atoms with Crippen LogP contribution >= 0.6 is 0 Å². The van der Waals surface area contributed by atoms with Gasteiger partial charge in [-0.2, -0.15) is 0 Å². The molecule has 5 aliphatic rings. The smallest absolute Gasteiger partial charge is 0.333 e. The van der Waals surface area contributed by atoms with Gasteiger partial charge in [0.15, 0.2) is 0 Å². The molecule has 0 radical (unpaired) electrons. The van der Waals surface area contributed by atoms with Crippen molar-refractivity contribution < 1.29 is 0 Å². The number of anilines is 5. The molecule has 0 aromatic heterocycles. The van der Waals surface area contributed by atoms with Gasteiger partial charge in [-0.3, -0.25) is 0 Å². The van der Waals surface area contributed by atoms with Crippen molar-refractivity contribution in [2.75, 3.05) is 9.71 Å². The molecule has 3 heteroatoms. The van der Waals surface area contributed by atoms with Crippen LogP contribution in [-0.2, 0) is 16.2 Å². The Labute approximate surface area is 353 Å². The molecule has 1 spiro atoms. The molecule has 0 atom stereocenters. The molecule has 60 heavy (non-hydrogen) atoms. The highest BCUT2D eigenvalue weighted by atomic mass is 15.2. The maximum absolute atomic E-state index is 2.71. The fraction of sp³-hybridized carbons (Fsp3) is 0.158. The third-order valence-corrected chi connectivity index (χ3v) is 14.8. The van der Waals surface area contributed by atoms with E-state index in [-0.39, 0.29) is 17.7 Å². The van der Waals surface area contributed by atoms with Crippen LogP contribution in [0.3, 0.4) is 0 Å². The highest BCUT2D eigenvalue weighted by Gasteiger charge is 2.56. The number of aryl methyl sites for hydroxylation is 1. The molecule has 8 aromatic rings. The number of fused-ring (bicyclic) bond motifs is 17. The van der Waals surface area contributed by atoms with Crippen LogP contribution in [0.5, 0.6) is 0 Å². The van der Waals surface area contributed by atoms with Crippen LogP contribution < -0.4 is 20.6 Å². The van der Waals surface area contributed by atoms with Crippen molar-refractivity contribution in [2.45, 2.75) is 57.8 Å². The molecule has 8 aromatic carbocycles. The van der Waals surface area contributed by atoms with Gasteiger partial charge in [-0.15, -0.1) is 0 Å². The highest BCUT2D eigenvalue weighted by Crippen LogP contribution is 2.65. The third kappa shape index (κ3) is 4.02. The second-order valence-electron chi connectivity index (χ2n) is 19.3. The summed E-state index contributed by atoms with van der Waals surface area (Å²) in [5.41, 5.74) is 27.4. The first-order valence-corrected chi connectivity index (χ1v) is 21.6. The van der Waals surface area contributed by atoms with Gasteiger partial charge in [-0.1, -0.05) is 168 Å². The normalized spacial score (nSPS) is 16.0. The minimum atomic E-state index is -0.474. The minimum Gasteiger partial charge on any atom is -0.376 e. The lowest BCUT2D eigenvalue weighted by Gasteiger charge is -2.52. The SMILES string of the molecule is Cc1cc2c3c(c1)N1c4ccccc4C4(c5ccccc5-c5ccccc54)c4cccc(c41)B3N(c1ccc(C(C)(C)C)cc1)c1ccc3c(c1-2)C(C)(C)c1ccccc1-3. The van der Waals surface area contributed by atoms with Crippen LogP contribution in [0.2, 0.25) is 0 Å². The van der Waals surface area contributed by atoms with E-state index in [0.29, 0.717) is 0 Å². The van der Waals surface area contributed by atoms with Gasteiger partial charge < -0.3 is 9.71 Å². The van der Waals surface area contributed by atoms with E-state index in [0.717, 1.165) is 0 Å². The van der Waals surface area contributed by atoms with Crippen LogP contribution in [0, 0.1) is 6.92 Å². The Kier molecular flexibility index (Phi) is 6.50. The Hall–Kier alpha value is -6.58. The van der Waals surface area contributed by atoms with Crippen LogP contribution in [0.1, 0.15) is 79.1 Å². The lowest BCUT2D eigenvalue weighted by Crippen LogP contribution is -2.63. The standard InChI is InChI=1S/C57H45BN2/c1-34-32-41-51-49(31-30-40-39-18-7-10-19-42(39)56(5,6)52(40)51)60(36-28-26-35(27-29-36)55(2,3)4)58-47-24-15-23-46-54(47)59(50(33-34)53(41)58)48-25-14-13-22-45(48)57(46)43-20-11-8-16-37(43)38-17-9-12-21-44(38)57/h7-33H,1-6H3. The van der Waals surface area contributed by atoms with E-state index in [1.54, 1.807) is 0 Å². The molecule has 0 fully saturated rings. The Bertz CT molecular complexity index is 3150. The number of para-hydroxylation sites is 2. The monoisotopic (exact) mass is 768 g/mol. The van der Waals surface area contributed by atoms with Gasteiger partial charge in [0.1, 0.15) is 0 Å². The molecule has 0 saturated heterocycles. The molecular weight excluding hydrogens is 723 g/mol. The maximum Gasteiger partial charge on any atom is 0.333 e. The molecule has 0 unspecified atom stereocenters. The molecule has 2 nitrogen and oxygen atoms in total. The second kappa shape index (κ2) is 11.4. The second-order valence-corrected chi connectivity index (χ2v) is 19.3. The van der Waals surface area contributed by atoms with E-state index in [2.05, 4.69) is 215 Å². The molecular formula is C57H45BN2. The van der Waals surface area contributed by atoms with Gasteiger partial charge in [0.2, 0.25) is 0 Å². The number of benzene rings is 8.